The molecule has 0 radical (unpaired) electrons. The van der Waals surface area contributed by atoms with Crippen molar-refractivity contribution in [3.8, 4) is 0 Å². The monoisotopic (exact) mass is 172 g/mol. The molecule has 2 unspecified atom stereocenters. The molecule has 12 heavy (non-hydrogen) atoms. The largest absolute Gasteiger partial charge is 0.393 e. The van der Waals surface area contributed by atoms with Crippen molar-refractivity contribution in [1.29, 1.82) is 0 Å². The first-order chi connectivity index (χ1) is 5.48. The lowest BCUT2D eigenvalue weighted by Crippen LogP contribution is -2.23. The van der Waals surface area contributed by atoms with Crippen LogP contribution in [0.25, 0.3) is 0 Å². The van der Waals surface area contributed by atoms with E-state index in [0.29, 0.717) is 6.42 Å². The Labute approximate surface area is 74.9 Å². The fraction of sp³-hybridized carbons (Fsp3) is 0.800. The van der Waals surface area contributed by atoms with Crippen LogP contribution in [0.2, 0.25) is 0 Å². The molecule has 0 saturated heterocycles. The van der Waals surface area contributed by atoms with Gasteiger partial charge in [0.1, 0.15) is 0 Å². The molecule has 2 heteroatoms. The number of aliphatic hydroxyl groups is 2. The quantitative estimate of drug-likeness (QED) is 0.600. The lowest BCUT2D eigenvalue weighted by molar-refractivity contribution is 0.0474. The van der Waals surface area contributed by atoms with E-state index in [0.717, 1.165) is 19.3 Å². The van der Waals surface area contributed by atoms with E-state index in [1.807, 2.05) is 0 Å². The molecule has 0 spiro atoms. The Balaban J connectivity index is 3.53. The van der Waals surface area contributed by atoms with E-state index in [2.05, 4.69) is 6.58 Å². The Morgan fingerprint density at radius 1 is 1.58 bits per heavy atom. The minimum Gasteiger partial charge on any atom is -0.393 e. The molecular formula is C10H20O2. The maximum absolute atomic E-state index is 9.67. The van der Waals surface area contributed by atoms with Gasteiger partial charge in [-0.05, 0) is 39.5 Å². The second-order valence-electron chi connectivity index (χ2n) is 3.73. The first kappa shape index (κ1) is 11.7. The smallest absolute Gasteiger partial charge is 0.0654 e. The molecule has 0 aromatic rings. The molecule has 0 rings (SSSR count). The Bertz CT molecular complexity index is 128. The third-order valence-corrected chi connectivity index (χ3v) is 1.92. The second-order valence-corrected chi connectivity index (χ2v) is 3.73. The van der Waals surface area contributed by atoms with Crippen molar-refractivity contribution in [3.63, 3.8) is 0 Å². The summed E-state index contributed by atoms with van der Waals surface area (Å²) < 4.78 is 0. The molecule has 0 saturated carbocycles. The summed E-state index contributed by atoms with van der Waals surface area (Å²) in [5.74, 6) is 0. The third kappa shape index (κ3) is 6.38. The molecule has 72 valence electrons. The lowest BCUT2D eigenvalue weighted by atomic mass is 9.95. The summed E-state index contributed by atoms with van der Waals surface area (Å²) in [6.45, 7) is 7.15. The lowest BCUT2D eigenvalue weighted by Gasteiger charge is -2.21. The molecule has 0 aliphatic rings. The van der Waals surface area contributed by atoms with E-state index in [1.54, 1.807) is 19.9 Å². The van der Waals surface area contributed by atoms with Crippen LogP contribution >= 0.6 is 0 Å². The minimum atomic E-state index is -0.642. The molecule has 0 heterocycles. The predicted molar refractivity (Wildman–Crippen MR) is 51.0 cm³/mol. The summed E-state index contributed by atoms with van der Waals surface area (Å²) in [6.07, 6.45) is 4.43. The molecule has 0 amide bonds. The summed E-state index contributed by atoms with van der Waals surface area (Å²) in [7, 11) is 0. The zero-order valence-corrected chi connectivity index (χ0v) is 8.08. The maximum atomic E-state index is 9.67. The first-order valence-electron chi connectivity index (χ1n) is 4.49. The molecule has 0 aliphatic heterocycles. The van der Waals surface area contributed by atoms with Gasteiger partial charge in [0.05, 0.1) is 11.7 Å². The highest BCUT2D eigenvalue weighted by Gasteiger charge is 2.17. The average Bonchev–Trinajstić information content (AvgIpc) is 1.85. The second kappa shape index (κ2) is 5.33. The zero-order chi connectivity index (χ0) is 9.61. The van der Waals surface area contributed by atoms with Gasteiger partial charge in [-0.25, -0.2) is 0 Å². The van der Waals surface area contributed by atoms with E-state index in [4.69, 9.17) is 5.11 Å². The molecule has 2 N–H and O–H groups in total. The van der Waals surface area contributed by atoms with Crippen LogP contribution in [0, 0.1) is 0 Å². The molecule has 0 aromatic heterocycles. The Morgan fingerprint density at radius 2 is 2.17 bits per heavy atom. The van der Waals surface area contributed by atoms with Crippen LogP contribution in [0.1, 0.15) is 39.5 Å². The minimum absolute atomic E-state index is 0.260. The van der Waals surface area contributed by atoms with Crippen LogP contribution in [0.15, 0.2) is 12.7 Å². The van der Waals surface area contributed by atoms with Crippen molar-refractivity contribution in [1.82, 2.24) is 0 Å². The highest BCUT2D eigenvalue weighted by atomic mass is 16.3. The van der Waals surface area contributed by atoms with Gasteiger partial charge in [0.25, 0.3) is 0 Å². The molecule has 0 fully saturated rings. The van der Waals surface area contributed by atoms with Crippen LogP contribution in [-0.4, -0.2) is 21.9 Å². The highest BCUT2D eigenvalue weighted by molar-refractivity contribution is 4.82. The summed E-state index contributed by atoms with van der Waals surface area (Å²) in [6, 6.07) is 0. The van der Waals surface area contributed by atoms with Crippen molar-refractivity contribution in [2.45, 2.75) is 51.2 Å². The van der Waals surface area contributed by atoms with Crippen LogP contribution in [0.5, 0.6) is 0 Å². The number of rotatable bonds is 6. The maximum Gasteiger partial charge on any atom is 0.0654 e. The SMILES string of the molecule is C=CCC(C)(O)CCCC(C)O. The molecule has 0 aromatic carbocycles. The highest BCUT2D eigenvalue weighted by Crippen LogP contribution is 2.18. The fourth-order valence-corrected chi connectivity index (χ4v) is 1.19. The number of hydrogen-bond donors (Lipinski definition) is 2. The van der Waals surface area contributed by atoms with Crippen LogP contribution in [-0.2, 0) is 0 Å². The van der Waals surface area contributed by atoms with E-state index in [-0.39, 0.29) is 6.10 Å². The van der Waals surface area contributed by atoms with Gasteiger partial charge < -0.3 is 10.2 Å². The summed E-state index contributed by atoms with van der Waals surface area (Å²) in [5, 5.41) is 18.7. The van der Waals surface area contributed by atoms with Gasteiger partial charge in [-0.2, -0.15) is 0 Å². The summed E-state index contributed by atoms with van der Waals surface area (Å²) >= 11 is 0. The number of aliphatic hydroxyl groups excluding tert-OH is 1. The standard InChI is InChI=1S/C10H20O2/c1-4-7-10(3,12)8-5-6-9(2)11/h4,9,11-12H,1,5-8H2,2-3H3. The van der Waals surface area contributed by atoms with Crippen molar-refractivity contribution < 1.29 is 10.2 Å². The summed E-state index contributed by atoms with van der Waals surface area (Å²) in [4.78, 5) is 0. The van der Waals surface area contributed by atoms with Crippen LogP contribution in [0.3, 0.4) is 0 Å². The van der Waals surface area contributed by atoms with Gasteiger partial charge in [-0.15, -0.1) is 6.58 Å². The van der Waals surface area contributed by atoms with E-state index in [9.17, 15) is 5.11 Å². The average molecular weight is 172 g/mol. The van der Waals surface area contributed by atoms with Crippen molar-refractivity contribution in [2.75, 3.05) is 0 Å². The van der Waals surface area contributed by atoms with Gasteiger partial charge >= 0.3 is 0 Å². The molecule has 2 atom stereocenters. The first-order valence-corrected chi connectivity index (χ1v) is 4.49. The van der Waals surface area contributed by atoms with Crippen molar-refractivity contribution in [3.05, 3.63) is 12.7 Å². The molecule has 0 aliphatic carbocycles. The number of hydrogen-bond acceptors (Lipinski definition) is 2. The van der Waals surface area contributed by atoms with E-state index < -0.39 is 5.60 Å². The predicted octanol–water partition coefficient (Wildman–Crippen LogP) is 1.86. The Kier molecular flexibility index (Phi) is 5.18. The molecule has 0 bridgehead atoms. The van der Waals surface area contributed by atoms with Crippen LogP contribution in [0.4, 0.5) is 0 Å². The van der Waals surface area contributed by atoms with Gasteiger partial charge in [-0.1, -0.05) is 6.08 Å². The fourth-order valence-electron chi connectivity index (χ4n) is 1.19. The zero-order valence-electron chi connectivity index (χ0n) is 8.08. The van der Waals surface area contributed by atoms with E-state index >= 15 is 0 Å². The van der Waals surface area contributed by atoms with Gasteiger partial charge in [-0.3, -0.25) is 0 Å². The Hall–Kier alpha value is -0.340. The Morgan fingerprint density at radius 3 is 2.58 bits per heavy atom. The molecule has 2 nitrogen and oxygen atoms in total. The summed E-state index contributed by atoms with van der Waals surface area (Å²) in [5.41, 5.74) is -0.642. The van der Waals surface area contributed by atoms with Crippen LogP contribution < -0.4 is 0 Å². The van der Waals surface area contributed by atoms with Crippen molar-refractivity contribution in [2.24, 2.45) is 0 Å². The van der Waals surface area contributed by atoms with Gasteiger partial charge in [0.15, 0.2) is 0 Å². The van der Waals surface area contributed by atoms with Crippen molar-refractivity contribution >= 4 is 0 Å². The third-order valence-electron chi connectivity index (χ3n) is 1.92. The normalized spacial score (nSPS) is 18.3. The topological polar surface area (TPSA) is 40.5 Å². The molecular weight excluding hydrogens is 152 g/mol. The van der Waals surface area contributed by atoms with E-state index in [1.165, 1.54) is 0 Å². The van der Waals surface area contributed by atoms with Gasteiger partial charge in [0.2, 0.25) is 0 Å². The van der Waals surface area contributed by atoms with Gasteiger partial charge in [0, 0.05) is 0 Å².